The molecule has 0 saturated heterocycles. The summed E-state index contributed by atoms with van der Waals surface area (Å²) in [6.07, 6.45) is 0. The van der Waals surface area contributed by atoms with E-state index in [0.29, 0.717) is 26.5 Å². The number of hydrogen-bond donors (Lipinski definition) is 1. The molecule has 0 unspecified atom stereocenters. The van der Waals surface area contributed by atoms with Gasteiger partial charge in [0.25, 0.3) is 0 Å². The maximum atomic E-state index is 6.11. The normalized spacial score (nSPS) is 10.6. The van der Waals surface area contributed by atoms with Crippen LogP contribution in [0.15, 0.2) is 41.3 Å². The van der Waals surface area contributed by atoms with E-state index in [2.05, 4.69) is 0 Å². The van der Waals surface area contributed by atoms with E-state index in [4.69, 9.17) is 40.5 Å². The van der Waals surface area contributed by atoms with Gasteiger partial charge in [0.15, 0.2) is 0 Å². The van der Waals surface area contributed by atoms with Crippen LogP contribution < -0.4 is 5.73 Å². The first-order chi connectivity index (χ1) is 8.58. The second-order valence-corrected chi connectivity index (χ2v) is 5.92. The van der Waals surface area contributed by atoms with Crippen molar-refractivity contribution in [3.63, 3.8) is 0 Å². The summed E-state index contributed by atoms with van der Waals surface area (Å²) < 4.78 is 0. The number of nitrogen functional groups attached to an aromatic ring is 1. The fourth-order valence-corrected chi connectivity index (χ4v) is 3.47. The van der Waals surface area contributed by atoms with E-state index in [-0.39, 0.29) is 0 Å². The van der Waals surface area contributed by atoms with Gasteiger partial charge in [-0.05, 0) is 35.9 Å². The molecule has 0 bridgehead atoms. The van der Waals surface area contributed by atoms with Crippen molar-refractivity contribution < 1.29 is 0 Å². The Morgan fingerprint density at radius 1 is 0.944 bits per heavy atom. The number of thioether (sulfide) groups is 1. The molecule has 0 aromatic heterocycles. The molecule has 0 aliphatic heterocycles. The highest BCUT2D eigenvalue weighted by atomic mass is 35.5. The van der Waals surface area contributed by atoms with Gasteiger partial charge >= 0.3 is 0 Å². The Bertz CT molecular complexity index is 552. The van der Waals surface area contributed by atoms with E-state index >= 15 is 0 Å². The van der Waals surface area contributed by atoms with Gasteiger partial charge in [-0.15, -0.1) is 11.8 Å². The van der Waals surface area contributed by atoms with Crippen LogP contribution in [0.25, 0.3) is 0 Å². The average Bonchev–Trinajstić information content (AvgIpc) is 2.31. The maximum absolute atomic E-state index is 6.11. The van der Waals surface area contributed by atoms with Gasteiger partial charge in [0, 0.05) is 26.4 Å². The summed E-state index contributed by atoms with van der Waals surface area (Å²) in [5.74, 6) is 0.669. The molecule has 0 saturated carbocycles. The minimum Gasteiger partial charge on any atom is -0.399 e. The van der Waals surface area contributed by atoms with Crippen molar-refractivity contribution >= 4 is 52.3 Å². The number of nitrogens with two attached hydrogens (primary N) is 1. The van der Waals surface area contributed by atoms with Gasteiger partial charge in [-0.1, -0.05) is 40.9 Å². The van der Waals surface area contributed by atoms with Crippen LogP contribution in [0.5, 0.6) is 0 Å². The Morgan fingerprint density at radius 3 is 2.22 bits per heavy atom. The third-order valence-corrected chi connectivity index (χ3v) is 4.62. The maximum Gasteiger partial charge on any atom is 0.0562 e. The third-order valence-electron chi connectivity index (χ3n) is 2.39. The van der Waals surface area contributed by atoms with Crippen molar-refractivity contribution in [1.82, 2.24) is 0 Å². The quantitative estimate of drug-likeness (QED) is 0.595. The van der Waals surface area contributed by atoms with Gasteiger partial charge in [-0.2, -0.15) is 0 Å². The summed E-state index contributed by atoms with van der Waals surface area (Å²) >= 11 is 19.9. The molecule has 2 N–H and O–H groups in total. The van der Waals surface area contributed by atoms with Crippen LogP contribution in [0.4, 0.5) is 5.69 Å². The summed E-state index contributed by atoms with van der Waals surface area (Å²) in [6, 6.07) is 10.9. The predicted octanol–water partition coefficient (Wildman–Crippen LogP) is 5.52. The van der Waals surface area contributed by atoms with Gasteiger partial charge in [-0.25, -0.2) is 0 Å². The zero-order valence-corrected chi connectivity index (χ0v) is 12.4. The van der Waals surface area contributed by atoms with Crippen LogP contribution in [-0.2, 0) is 5.75 Å². The van der Waals surface area contributed by atoms with Crippen LogP contribution in [0.3, 0.4) is 0 Å². The standard InChI is InChI=1S/C13H10Cl3NS/c14-10-2-1-3-11(15)9(10)7-18-13-5-4-8(17)6-12(13)16/h1-6H,7,17H2. The molecule has 1 nitrogen and oxygen atoms in total. The molecule has 94 valence electrons. The lowest BCUT2D eigenvalue weighted by Crippen LogP contribution is -1.87. The monoisotopic (exact) mass is 317 g/mol. The Kier molecular flexibility index (Phi) is 4.68. The average molecular weight is 319 g/mol. The molecule has 18 heavy (non-hydrogen) atoms. The summed E-state index contributed by atoms with van der Waals surface area (Å²) in [5.41, 5.74) is 7.22. The smallest absolute Gasteiger partial charge is 0.0562 e. The van der Waals surface area contributed by atoms with Crippen molar-refractivity contribution in [2.24, 2.45) is 0 Å². The fourth-order valence-electron chi connectivity index (χ4n) is 1.45. The zero-order valence-electron chi connectivity index (χ0n) is 9.29. The van der Waals surface area contributed by atoms with Gasteiger partial charge in [0.1, 0.15) is 0 Å². The van der Waals surface area contributed by atoms with Gasteiger partial charge in [0.2, 0.25) is 0 Å². The van der Waals surface area contributed by atoms with Crippen molar-refractivity contribution in [3.8, 4) is 0 Å². The van der Waals surface area contributed by atoms with Gasteiger partial charge < -0.3 is 5.73 Å². The van der Waals surface area contributed by atoms with E-state index < -0.39 is 0 Å². The van der Waals surface area contributed by atoms with Crippen LogP contribution in [-0.4, -0.2) is 0 Å². The molecule has 0 amide bonds. The number of benzene rings is 2. The minimum atomic E-state index is 0.642. The molecule has 2 rings (SSSR count). The van der Waals surface area contributed by atoms with Crippen LogP contribution in [0, 0.1) is 0 Å². The summed E-state index contributed by atoms with van der Waals surface area (Å²) in [4.78, 5) is 0.960. The first-order valence-electron chi connectivity index (χ1n) is 5.18. The SMILES string of the molecule is Nc1ccc(SCc2c(Cl)cccc2Cl)c(Cl)c1. The van der Waals surface area contributed by atoms with Gasteiger partial charge in [-0.3, -0.25) is 0 Å². The topological polar surface area (TPSA) is 26.0 Å². The summed E-state index contributed by atoms with van der Waals surface area (Å²) in [5, 5.41) is 1.98. The van der Waals surface area contributed by atoms with Crippen LogP contribution in [0.2, 0.25) is 15.1 Å². The number of hydrogen-bond acceptors (Lipinski definition) is 2. The van der Waals surface area contributed by atoms with Crippen molar-refractivity contribution in [2.45, 2.75) is 10.6 Å². The van der Waals surface area contributed by atoms with E-state index in [1.54, 1.807) is 17.8 Å². The lowest BCUT2D eigenvalue weighted by atomic mass is 10.2. The van der Waals surface area contributed by atoms with Crippen molar-refractivity contribution in [3.05, 3.63) is 57.0 Å². The van der Waals surface area contributed by atoms with E-state index in [1.165, 1.54) is 0 Å². The lowest BCUT2D eigenvalue weighted by molar-refractivity contribution is 1.38. The Hall–Kier alpha value is -0.540. The first-order valence-corrected chi connectivity index (χ1v) is 7.30. The fraction of sp³-hybridized carbons (Fsp3) is 0.0769. The highest BCUT2D eigenvalue weighted by Crippen LogP contribution is 2.35. The van der Waals surface area contributed by atoms with Crippen LogP contribution in [0.1, 0.15) is 5.56 Å². The lowest BCUT2D eigenvalue weighted by Gasteiger charge is -2.08. The Morgan fingerprint density at radius 2 is 1.61 bits per heavy atom. The predicted molar refractivity (Wildman–Crippen MR) is 81.9 cm³/mol. The molecule has 0 fully saturated rings. The zero-order chi connectivity index (χ0) is 13.1. The van der Waals surface area contributed by atoms with E-state index in [9.17, 15) is 0 Å². The summed E-state index contributed by atoms with van der Waals surface area (Å²) in [7, 11) is 0. The number of halogens is 3. The number of anilines is 1. The molecule has 0 radical (unpaired) electrons. The molecule has 0 heterocycles. The molecular weight excluding hydrogens is 309 g/mol. The second-order valence-electron chi connectivity index (χ2n) is 3.68. The molecule has 2 aromatic rings. The van der Waals surface area contributed by atoms with Crippen LogP contribution >= 0.6 is 46.6 Å². The van der Waals surface area contributed by atoms with E-state index in [1.807, 2.05) is 30.3 Å². The largest absolute Gasteiger partial charge is 0.399 e. The second kappa shape index (κ2) is 6.07. The Balaban J connectivity index is 2.16. The molecule has 0 atom stereocenters. The highest BCUT2D eigenvalue weighted by Gasteiger charge is 2.08. The molecular formula is C13H10Cl3NS. The molecule has 5 heteroatoms. The minimum absolute atomic E-state index is 0.642. The Labute approximate surface area is 125 Å². The molecule has 0 aliphatic rings. The van der Waals surface area contributed by atoms with Crippen molar-refractivity contribution in [1.29, 1.82) is 0 Å². The third kappa shape index (κ3) is 3.27. The summed E-state index contributed by atoms with van der Waals surface area (Å²) in [6.45, 7) is 0. The van der Waals surface area contributed by atoms with Gasteiger partial charge in [0.05, 0.1) is 5.02 Å². The highest BCUT2D eigenvalue weighted by molar-refractivity contribution is 7.98. The van der Waals surface area contributed by atoms with Crippen molar-refractivity contribution in [2.75, 3.05) is 5.73 Å². The number of rotatable bonds is 3. The molecule has 0 aliphatic carbocycles. The molecule has 0 spiro atoms. The molecule has 2 aromatic carbocycles. The first kappa shape index (κ1) is 13.9. The van der Waals surface area contributed by atoms with E-state index in [0.717, 1.165) is 10.5 Å².